The smallest absolute Gasteiger partial charge is 0.128 e. The Morgan fingerprint density at radius 3 is 2.74 bits per heavy atom. The molecule has 1 aromatic heterocycles. The quantitative estimate of drug-likeness (QED) is 0.818. The molecular formula is C16H27N3. The first kappa shape index (κ1) is 14.3. The van der Waals surface area contributed by atoms with E-state index in [1.54, 1.807) is 0 Å². The largest absolute Gasteiger partial charge is 0.359 e. The van der Waals surface area contributed by atoms with Crippen molar-refractivity contribution in [3.8, 4) is 0 Å². The average molecular weight is 261 g/mol. The Morgan fingerprint density at radius 1 is 1.37 bits per heavy atom. The van der Waals surface area contributed by atoms with Gasteiger partial charge >= 0.3 is 0 Å². The predicted molar refractivity (Wildman–Crippen MR) is 81.5 cm³/mol. The highest BCUT2D eigenvalue weighted by molar-refractivity contribution is 5.42. The van der Waals surface area contributed by atoms with Crippen LogP contribution in [0.15, 0.2) is 12.1 Å². The standard InChI is InChI=1S/C16H27N3/c1-12(2)9-17-10-15-7-13(3)18-16(8-15)19(4)11-14-5-6-14/h7-8,12,14,17H,5-6,9-11H2,1-4H3. The van der Waals surface area contributed by atoms with Gasteiger partial charge in [-0.25, -0.2) is 4.98 Å². The molecule has 0 aromatic carbocycles. The maximum atomic E-state index is 4.66. The van der Waals surface area contributed by atoms with Crippen molar-refractivity contribution in [3.63, 3.8) is 0 Å². The van der Waals surface area contributed by atoms with Crippen LogP contribution in [-0.2, 0) is 6.54 Å². The highest BCUT2D eigenvalue weighted by atomic mass is 15.2. The Bertz CT molecular complexity index is 410. The van der Waals surface area contributed by atoms with E-state index in [0.29, 0.717) is 5.92 Å². The van der Waals surface area contributed by atoms with E-state index in [0.717, 1.165) is 37.1 Å². The molecule has 1 aliphatic rings. The second-order valence-corrected chi connectivity index (χ2v) is 6.32. The van der Waals surface area contributed by atoms with Crippen molar-refractivity contribution in [2.75, 3.05) is 25.0 Å². The van der Waals surface area contributed by atoms with Gasteiger partial charge in [0, 0.05) is 25.8 Å². The van der Waals surface area contributed by atoms with Crippen molar-refractivity contribution in [1.29, 1.82) is 0 Å². The van der Waals surface area contributed by atoms with E-state index in [-0.39, 0.29) is 0 Å². The van der Waals surface area contributed by atoms with Gasteiger partial charge in [0.1, 0.15) is 5.82 Å². The molecule has 106 valence electrons. The van der Waals surface area contributed by atoms with Gasteiger partial charge in [-0.2, -0.15) is 0 Å². The monoisotopic (exact) mass is 261 g/mol. The minimum Gasteiger partial charge on any atom is -0.359 e. The van der Waals surface area contributed by atoms with Gasteiger partial charge < -0.3 is 10.2 Å². The van der Waals surface area contributed by atoms with Gasteiger partial charge in [0.05, 0.1) is 0 Å². The molecule has 0 atom stereocenters. The van der Waals surface area contributed by atoms with Crippen molar-refractivity contribution >= 4 is 5.82 Å². The number of anilines is 1. The first-order valence-electron chi connectivity index (χ1n) is 7.44. The van der Waals surface area contributed by atoms with Gasteiger partial charge in [-0.15, -0.1) is 0 Å². The Kier molecular flexibility index (Phi) is 4.81. The van der Waals surface area contributed by atoms with Crippen LogP contribution in [0.5, 0.6) is 0 Å². The molecule has 1 aliphatic carbocycles. The second-order valence-electron chi connectivity index (χ2n) is 6.32. The molecule has 0 saturated heterocycles. The summed E-state index contributed by atoms with van der Waals surface area (Å²) in [6.07, 6.45) is 2.78. The lowest BCUT2D eigenvalue weighted by molar-refractivity contribution is 0.552. The Morgan fingerprint density at radius 2 is 2.11 bits per heavy atom. The van der Waals surface area contributed by atoms with E-state index in [4.69, 9.17) is 0 Å². The lowest BCUT2D eigenvalue weighted by Gasteiger charge is -2.19. The predicted octanol–water partition coefficient (Wildman–Crippen LogP) is 2.98. The molecule has 0 bridgehead atoms. The number of nitrogens with one attached hydrogen (secondary N) is 1. The molecule has 0 radical (unpaired) electrons. The molecule has 1 aromatic rings. The molecule has 19 heavy (non-hydrogen) atoms. The van der Waals surface area contributed by atoms with Gasteiger partial charge in [-0.05, 0) is 55.8 Å². The van der Waals surface area contributed by atoms with Crippen molar-refractivity contribution in [2.45, 2.75) is 40.2 Å². The van der Waals surface area contributed by atoms with Crippen molar-refractivity contribution in [1.82, 2.24) is 10.3 Å². The molecule has 3 heteroatoms. The molecule has 1 heterocycles. The topological polar surface area (TPSA) is 28.2 Å². The summed E-state index contributed by atoms with van der Waals surface area (Å²) in [6, 6.07) is 4.41. The number of hydrogen-bond donors (Lipinski definition) is 1. The van der Waals surface area contributed by atoms with Crippen LogP contribution in [-0.4, -0.2) is 25.1 Å². The summed E-state index contributed by atoms with van der Waals surface area (Å²) in [7, 11) is 2.16. The third-order valence-electron chi connectivity index (χ3n) is 3.50. The summed E-state index contributed by atoms with van der Waals surface area (Å²) in [5.74, 6) is 2.71. The molecule has 0 spiro atoms. The fraction of sp³-hybridized carbons (Fsp3) is 0.688. The van der Waals surface area contributed by atoms with Crippen LogP contribution in [0.3, 0.4) is 0 Å². The van der Waals surface area contributed by atoms with Crippen LogP contribution in [0.25, 0.3) is 0 Å². The van der Waals surface area contributed by atoms with Crippen LogP contribution in [0.2, 0.25) is 0 Å². The average Bonchev–Trinajstić information content (AvgIpc) is 3.11. The minimum atomic E-state index is 0.694. The van der Waals surface area contributed by atoms with Crippen LogP contribution < -0.4 is 10.2 Å². The SMILES string of the molecule is Cc1cc(CNCC(C)C)cc(N(C)CC2CC2)n1. The maximum absolute atomic E-state index is 4.66. The third kappa shape index (κ3) is 4.83. The molecule has 0 unspecified atom stereocenters. The maximum Gasteiger partial charge on any atom is 0.128 e. The molecular weight excluding hydrogens is 234 g/mol. The second kappa shape index (κ2) is 6.38. The van der Waals surface area contributed by atoms with Crippen LogP contribution in [0.1, 0.15) is 37.9 Å². The van der Waals surface area contributed by atoms with E-state index in [2.05, 4.69) is 55.2 Å². The van der Waals surface area contributed by atoms with Gasteiger partial charge in [-0.1, -0.05) is 13.8 Å². The third-order valence-corrected chi connectivity index (χ3v) is 3.50. The summed E-state index contributed by atoms with van der Waals surface area (Å²) < 4.78 is 0. The number of aromatic nitrogens is 1. The van der Waals surface area contributed by atoms with Crippen LogP contribution in [0, 0.1) is 18.8 Å². The number of hydrogen-bond acceptors (Lipinski definition) is 3. The van der Waals surface area contributed by atoms with Crippen molar-refractivity contribution in [2.24, 2.45) is 11.8 Å². The van der Waals surface area contributed by atoms with Gasteiger partial charge in [0.25, 0.3) is 0 Å². The summed E-state index contributed by atoms with van der Waals surface area (Å²) in [5, 5.41) is 3.50. The number of nitrogens with zero attached hydrogens (tertiary/aromatic N) is 2. The minimum absolute atomic E-state index is 0.694. The molecule has 3 nitrogen and oxygen atoms in total. The molecule has 1 fully saturated rings. The van der Waals surface area contributed by atoms with E-state index in [1.165, 1.54) is 18.4 Å². The van der Waals surface area contributed by atoms with Crippen LogP contribution in [0.4, 0.5) is 5.82 Å². The first-order chi connectivity index (χ1) is 9.04. The van der Waals surface area contributed by atoms with E-state index in [9.17, 15) is 0 Å². The summed E-state index contributed by atoms with van der Waals surface area (Å²) in [6.45, 7) is 9.70. The van der Waals surface area contributed by atoms with Gasteiger partial charge in [-0.3, -0.25) is 0 Å². The fourth-order valence-electron chi connectivity index (χ4n) is 2.31. The lowest BCUT2D eigenvalue weighted by Crippen LogP contribution is -2.23. The first-order valence-corrected chi connectivity index (χ1v) is 7.44. The Balaban J connectivity index is 1.96. The normalized spacial score (nSPS) is 15.0. The number of pyridine rings is 1. The highest BCUT2D eigenvalue weighted by Gasteiger charge is 2.23. The summed E-state index contributed by atoms with van der Waals surface area (Å²) in [5.41, 5.74) is 2.45. The Labute approximate surface area is 117 Å². The van der Waals surface area contributed by atoms with Crippen molar-refractivity contribution < 1.29 is 0 Å². The molecule has 1 N–H and O–H groups in total. The van der Waals surface area contributed by atoms with Crippen LogP contribution >= 0.6 is 0 Å². The van der Waals surface area contributed by atoms with E-state index in [1.807, 2.05) is 0 Å². The van der Waals surface area contributed by atoms with Gasteiger partial charge in [0.2, 0.25) is 0 Å². The fourth-order valence-corrected chi connectivity index (χ4v) is 2.31. The number of aryl methyl sites for hydroxylation is 1. The Hall–Kier alpha value is -1.09. The molecule has 2 rings (SSSR count). The zero-order valence-electron chi connectivity index (χ0n) is 12.7. The van der Waals surface area contributed by atoms with Crippen molar-refractivity contribution in [3.05, 3.63) is 23.4 Å². The zero-order chi connectivity index (χ0) is 13.8. The van der Waals surface area contributed by atoms with E-state index < -0.39 is 0 Å². The summed E-state index contributed by atoms with van der Waals surface area (Å²) >= 11 is 0. The molecule has 0 amide bonds. The number of rotatable bonds is 7. The molecule has 0 aliphatic heterocycles. The van der Waals surface area contributed by atoms with E-state index >= 15 is 0 Å². The highest BCUT2D eigenvalue weighted by Crippen LogP contribution is 2.30. The zero-order valence-corrected chi connectivity index (χ0v) is 12.7. The summed E-state index contributed by atoms with van der Waals surface area (Å²) in [4.78, 5) is 6.96. The van der Waals surface area contributed by atoms with Gasteiger partial charge in [0.15, 0.2) is 0 Å². The molecule has 1 saturated carbocycles. The lowest BCUT2D eigenvalue weighted by atomic mass is 10.2.